The van der Waals surface area contributed by atoms with Crippen molar-refractivity contribution in [2.24, 2.45) is 5.92 Å². The third-order valence-corrected chi connectivity index (χ3v) is 3.81. The Bertz CT molecular complexity index is 396. The highest BCUT2D eigenvalue weighted by molar-refractivity contribution is 5.43. The summed E-state index contributed by atoms with van der Waals surface area (Å²) in [4.78, 5) is 0. The van der Waals surface area contributed by atoms with Gasteiger partial charge in [-0.25, -0.2) is 0 Å². The van der Waals surface area contributed by atoms with E-state index in [9.17, 15) is 5.11 Å². The average Bonchev–Trinajstić information content (AvgIpc) is 3.06. The molecule has 1 saturated carbocycles. The first-order valence-corrected chi connectivity index (χ1v) is 5.64. The summed E-state index contributed by atoms with van der Waals surface area (Å²) >= 11 is 0. The molecular weight excluding hydrogens is 188 g/mol. The van der Waals surface area contributed by atoms with Gasteiger partial charge in [0.05, 0.1) is 12.7 Å². The highest BCUT2D eigenvalue weighted by atomic mass is 16.5. The van der Waals surface area contributed by atoms with Crippen molar-refractivity contribution in [2.75, 3.05) is 7.11 Å². The molecule has 1 aromatic rings. The molecular formula is C13H16O2. The van der Waals surface area contributed by atoms with E-state index >= 15 is 0 Å². The second-order valence-electron chi connectivity index (χ2n) is 4.72. The molecule has 3 rings (SSSR count). The summed E-state index contributed by atoms with van der Waals surface area (Å²) in [6.07, 6.45) is 4.24. The lowest BCUT2D eigenvalue weighted by atomic mass is 9.90. The molecule has 0 aliphatic heterocycles. The Morgan fingerprint density at radius 1 is 1.40 bits per heavy atom. The van der Waals surface area contributed by atoms with E-state index in [1.165, 1.54) is 18.4 Å². The molecule has 2 aliphatic rings. The molecule has 0 aromatic heterocycles. The van der Waals surface area contributed by atoms with Crippen LogP contribution in [0.5, 0.6) is 5.75 Å². The molecule has 1 unspecified atom stereocenters. The van der Waals surface area contributed by atoms with Crippen LogP contribution in [-0.2, 0) is 12.0 Å². The summed E-state index contributed by atoms with van der Waals surface area (Å²) in [6, 6.07) is 6.09. The largest absolute Gasteiger partial charge is 0.497 e. The number of methoxy groups -OCH3 is 1. The van der Waals surface area contributed by atoms with Crippen LogP contribution < -0.4 is 4.74 Å². The fourth-order valence-electron chi connectivity index (χ4n) is 2.75. The number of benzene rings is 1. The van der Waals surface area contributed by atoms with Crippen LogP contribution in [-0.4, -0.2) is 12.2 Å². The number of ether oxygens (including phenoxy) is 1. The summed E-state index contributed by atoms with van der Waals surface area (Å²) < 4.78 is 5.22. The molecule has 1 aromatic carbocycles. The zero-order chi connectivity index (χ0) is 10.5. The first kappa shape index (κ1) is 9.22. The number of aryl methyl sites for hydroxylation is 1. The fourth-order valence-corrected chi connectivity index (χ4v) is 2.75. The standard InChI is InChI=1S/C13H16O2/c1-15-11-5-2-9-6-7-13(14,10-3-4-10)12(9)8-11/h2,5,8,10,14H,3-4,6-7H2,1H3. The Balaban J connectivity index is 2.07. The normalized spacial score (nSPS) is 28.9. The molecule has 0 saturated heterocycles. The van der Waals surface area contributed by atoms with Crippen LogP contribution in [0.1, 0.15) is 30.4 Å². The molecule has 2 nitrogen and oxygen atoms in total. The third kappa shape index (κ3) is 1.28. The summed E-state index contributed by atoms with van der Waals surface area (Å²) in [5.41, 5.74) is 1.86. The third-order valence-electron chi connectivity index (χ3n) is 3.81. The van der Waals surface area contributed by atoms with E-state index in [1.807, 2.05) is 12.1 Å². The Hall–Kier alpha value is -1.02. The van der Waals surface area contributed by atoms with E-state index in [4.69, 9.17) is 4.74 Å². The van der Waals surface area contributed by atoms with Gasteiger partial charge in [-0.15, -0.1) is 0 Å². The van der Waals surface area contributed by atoms with Crippen molar-refractivity contribution in [3.05, 3.63) is 29.3 Å². The maximum absolute atomic E-state index is 10.6. The van der Waals surface area contributed by atoms with E-state index < -0.39 is 5.60 Å². The molecule has 0 amide bonds. The lowest BCUT2D eigenvalue weighted by Gasteiger charge is -2.23. The fraction of sp³-hybridized carbons (Fsp3) is 0.538. The van der Waals surface area contributed by atoms with Crippen molar-refractivity contribution in [3.8, 4) is 5.75 Å². The molecule has 1 fully saturated rings. The van der Waals surface area contributed by atoms with Gasteiger partial charge in [-0.3, -0.25) is 0 Å². The minimum Gasteiger partial charge on any atom is -0.497 e. The van der Waals surface area contributed by atoms with Gasteiger partial charge in [0, 0.05) is 0 Å². The van der Waals surface area contributed by atoms with Gasteiger partial charge >= 0.3 is 0 Å². The van der Waals surface area contributed by atoms with Gasteiger partial charge in [0.15, 0.2) is 0 Å². The SMILES string of the molecule is COc1ccc2c(c1)C(O)(C1CC1)CC2. The highest BCUT2D eigenvalue weighted by Gasteiger charge is 2.48. The maximum atomic E-state index is 10.6. The van der Waals surface area contributed by atoms with Gasteiger partial charge in [-0.2, -0.15) is 0 Å². The maximum Gasteiger partial charge on any atom is 0.119 e. The molecule has 2 heteroatoms. The number of aliphatic hydroxyl groups is 1. The van der Waals surface area contributed by atoms with E-state index in [2.05, 4.69) is 6.07 Å². The van der Waals surface area contributed by atoms with Crippen molar-refractivity contribution in [3.63, 3.8) is 0 Å². The van der Waals surface area contributed by atoms with Crippen LogP contribution in [0, 0.1) is 5.92 Å². The van der Waals surface area contributed by atoms with Crippen LogP contribution >= 0.6 is 0 Å². The molecule has 0 radical (unpaired) electrons. The van der Waals surface area contributed by atoms with Crippen LogP contribution in [0.2, 0.25) is 0 Å². The summed E-state index contributed by atoms with van der Waals surface area (Å²) in [5, 5.41) is 10.6. The molecule has 2 aliphatic carbocycles. The second-order valence-corrected chi connectivity index (χ2v) is 4.72. The van der Waals surface area contributed by atoms with Crippen molar-refractivity contribution in [1.82, 2.24) is 0 Å². The first-order chi connectivity index (χ1) is 7.24. The van der Waals surface area contributed by atoms with Crippen molar-refractivity contribution in [2.45, 2.75) is 31.3 Å². The summed E-state index contributed by atoms with van der Waals surface area (Å²) in [5.74, 6) is 1.35. The topological polar surface area (TPSA) is 29.5 Å². The van der Waals surface area contributed by atoms with Crippen LogP contribution in [0.15, 0.2) is 18.2 Å². The van der Waals surface area contributed by atoms with Gasteiger partial charge in [-0.1, -0.05) is 6.07 Å². The van der Waals surface area contributed by atoms with Gasteiger partial charge in [0.25, 0.3) is 0 Å². The predicted molar refractivity (Wildman–Crippen MR) is 57.9 cm³/mol. The van der Waals surface area contributed by atoms with Crippen molar-refractivity contribution in [1.29, 1.82) is 0 Å². The quantitative estimate of drug-likeness (QED) is 0.800. The van der Waals surface area contributed by atoms with Gasteiger partial charge in [-0.05, 0) is 54.9 Å². The zero-order valence-electron chi connectivity index (χ0n) is 8.99. The molecule has 0 bridgehead atoms. The van der Waals surface area contributed by atoms with Crippen LogP contribution in [0.25, 0.3) is 0 Å². The zero-order valence-corrected chi connectivity index (χ0v) is 8.99. The smallest absolute Gasteiger partial charge is 0.119 e. The number of hydrogen-bond donors (Lipinski definition) is 1. The molecule has 0 heterocycles. The number of rotatable bonds is 2. The van der Waals surface area contributed by atoms with Crippen LogP contribution in [0.3, 0.4) is 0 Å². The first-order valence-electron chi connectivity index (χ1n) is 5.64. The Labute approximate surface area is 89.9 Å². The van der Waals surface area contributed by atoms with Crippen molar-refractivity contribution >= 4 is 0 Å². The monoisotopic (exact) mass is 204 g/mol. The van der Waals surface area contributed by atoms with Gasteiger partial charge in [0.1, 0.15) is 5.75 Å². The molecule has 0 spiro atoms. The van der Waals surface area contributed by atoms with Gasteiger partial charge in [0.2, 0.25) is 0 Å². The Morgan fingerprint density at radius 3 is 2.87 bits per heavy atom. The van der Waals surface area contributed by atoms with E-state index in [0.717, 1.165) is 24.2 Å². The number of fused-ring (bicyclic) bond motifs is 1. The molecule has 80 valence electrons. The Morgan fingerprint density at radius 2 is 2.20 bits per heavy atom. The lowest BCUT2D eigenvalue weighted by molar-refractivity contribution is 0.0148. The van der Waals surface area contributed by atoms with E-state index in [0.29, 0.717) is 5.92 Å². The minimum atomic E-state index is -0.552. The average molecular weight is 204 g/mol. The van der Waals surface area contributed by atoms with Gasteiger partial charge < -0.3 is 9.84 Å². The van der Waals surface area contributed by atoms with Crippen LogP contribution in [0.4, 0.5) is 0 Å². The predicted octanol–water partition coefficient (Wildman–Crippen LogP) is 2.24. The summed E-state index contributed by atoms with van der Waals surface area (Å²) in [7, 11) is 1.67. The minimum absolute atomic E-state index is 0.492. The lowest BCUT2D eigenvalue weighted by Crippen LogP contribution is -2.24. The van der Waals surface area contributed by atoms with E-state index in [1.54, 1.807) is 7.11 Å². The second kappa shape index (κ2) is 2.99. The molecule has 15 heavy (non-hydrogen) atoms. The van der Waals surface area contributed by atoms with E-state index in [-0.39, 0.29) is 0 Å². The highest BCUT2D eigenvalue weighted by Crippen LogP contribution is 2.52. The number of hydrogen-bond acceptors (Lipinski definition) is 2. The Kier molecular flexibility index (Phi) is 1.84. The molecule has 1 N–H and O–H groups in total. The molecule has 1 atom stereocenters. The van der Waals surface area contributed by atoms with Crippen molar-refractivity contribution < 1.29 is 9.84 Å². The summed E-state index contributed by atoms with van der Waals surface area (Å²) in [6.45, 7) is 0.